The van der Waals surface area contributed by atoms with Gasteiger partial charge in [-0.05, 0) is 41.5 Å². The van der Waals surface area contributed by atoms with E-state index in [-0.39, 0.29) is 23.4 Å². The highest BCUT2D eigenvalue weighted by atomic mass is 19.1. The molecule has 1 N–H and O–H groups in total. The number of piperazine rings is 1. The molecule has 1 aromatic heterocycles. The number of nitrogens with zero attached hydrogens (tertiary/aromatic N) is 2. The summed E-state index contributed by atoms with van der Waals surface area (Å²) in [6, 6.07) is 9.12. The minimum absolute atomic E-state index is 0.157. The summed E-state index contributed by atoms with van der Waals surface area (Å²) < 4.78 is 26.6. The van der Waals surface area contributed by atoms with Gasteiger partial charge in [0.15, 0.2) is 0 Å². The molecule has 150 valence electrons. The molecule has 0 spiro atoms. The average Bonchev–Trinajstić information content (AvgIpc) is 3.10. The molecule has 2 aromatic carbocycles. The van der Waals surface area contributed by atoms with Crippen molar-refractivity contribution in [3.63, 3.8) is 0 Å². The molecule has 29 heavy (non-hydrogen) atoms. The number of rotatable bonds is 4. The van der Waals surface area contributed by atoms with Gasteiger partial charge in [-0.1, -0.05) is 12.1 Å². The number of aromatic amines is 1. The smallest absolute Gasteiger partial charge is 0.246 e. The quantitative estimate of drug-likeness (QED) is 0.736. The molecule has 1 aliphatic rings. The molecule has 0 unspecified atom stereocenters. The third-order valence-corrected chi connectivity index (χ3v) is 5.69. The minimum atomic E-state index is -0.638. The van der Waals surface area contributed by atoms with Crippen LogP contribution in [0.3, 0.4) is 0 Å². The Labute approximate surface area is 166 Å². The highest BCUT2D eigenvalue weighted by Gasteiger charge is 2.42. The third kappa shape index (κ3) is 3.48. The van der Waals surface area contributed by atoms with E-state index in [1.165, 1.54) is 34.1 Å². The largest absolute Gasteiger partial charge is 0.361 e. The van der Waals surface area contributed by atoms with Gasteiger partial charge in [0.2, 0.25) is 11.8 Å². The van der Waals surface area contributed by atoms with Gasteiger partial charge >= 0.3 is 0 Å². The zero-order chi connectivity index (χ0) is 20.7. The van der Waals surface area contributed by atoms with Crippen molar-refractivity contribution in [2.24, 2.45) is 0 Å². The second-order valence-corrected chi connectivity index (χ2v) is 7.47. The van der Waals surface area contributed by atoms with E-state index in [9.17, 15) is 18.4 Å². The molecular formula is C22H21F2N3O2. The highest BCUT2D eigenvalue weighted by Crippen LogP contribution is 2.25. The first-order valence-electron chi connectivity index (χ1n) is 9.38. The van der Waals surface area contributed by atoms with Gasteiger partial charge in [0.05, 0.1) is 0 Å². The fourth-order valence-corrected chi connectivity index (χ4v) is 3.94. The average molecular weight is 397 g/mol. The summed E-state index contributed by atoms with van der Waals surface area (Å²) in [5, 5.41) is 0.830. The summed E-state index contributed by atoms with van der Waals surface area (Å²) in [7, 11) is 3.25. The van der Waals surface area contributed by atoms with Gasteiger partial charge in [-0.25, -0.2) is 8.78 Å². The van der Waals surface area contributed by atoms with Gasteiger partial charge in [-0.2, -0.15) is 0 Å². The van der Waals surface area contributed by atoms with Crippen LogP contribution in [-0.4, -0.2) is 52.8 Å². The van der Waals surface area contributed by atoms with E-state index in [1.807, 2.05) is 0 Å². The predicted octanol–water partition coefficient (Wildman–Crippen LogP) is 2.90. The molecule has 0 radical (unpaired) electrons. The van der Waals surface area contributed by atoms with E-state index < -0.39 is 12.1 Å². The molecule has 0 bridgehead atoms. The number of fused-ring (bicyclic) bond motifs is 1. The summed E-state index contributed by atoms with van der Waals surface area (Å²) in [6.45, 7) is 0. The Morgan fingerprint density at radius 3 is 2.10 bits per heavy atom. The van der Waals surface area contributed by atoms with Crippen molar-refractivity contribution in [2.75, 3.05) is 14.1 Å². The number of carbonyl (C=O) groups is 2. The molecule has 5 nitrogen and oxygen atoms in total. The summed E-state index contributed by atoms with van der Waals surface area (Å²) in [5.41, 5.74) is 2.29. The first-order chi connectivity index (χ1) is 13.8. The van der Waals surface area contributed by atoms with Gasteiger partial charge in [-0.3, -0.25) is 9.59 Å². The zero-order valence-corrected chi connectivity index (χ0v) is 16.2. The molecule has 1 fully saturated rings. The Hall–Kier alpha value is -3.22. The van der Waals surface area contributed by atoms with Crippen molar-refractivity contribution in [2.45, 2.75) is 24.9 Å². The molecule has 2 heterocycles. The topological polar surface area (TPSA) is 56.4 Å². The lowest BCUT2D eigenvalue weighted by Gasteiger charge is -2.42. The minimum Gasteiger partial charge on any atom is -0.361 e. The van der Waals surface area contributed by atoms with Gasteiger partial charge in [0.1, 0.15) is 23.7 Å². The summed E-state index contributed by atoms with van der Waals surface area (Å²) in [5.74, 6) is -0.998. The van der Waals surface area contributed by atoms with Crippen molar-refractivity contribution in [3.05, 3.63) is 71.4 Å². The van der Waals surface area contributed by atoms with Crippen LogP contribution >= 0.6 is 0 Å². The van der Waals surface area contributed by atoms with Crippen molar-refractivity contribution < 1.29 is 18.4 Å². The number of nitrogens with one attached hydrogen (secondary N) is 1. The maximum Gasteiger partial charge on any atom is 0.246 e. The highest BCUT2D eigenvalue weighted by molar-refractivity contribution is 5.97. The predicted molar refractivity (Wildman–Crippen MR) is 105 cm³/mol. The molecule has 3 aromatic rings. The molecule has 2 atom stereocenters. The Morgan fingerprint density at radius 2 is 1.45 bits per heavy atom. The number of carbonyl (C=O) groups excluding carboxylic acids is 2. The maximum absolute atomic E-state index is 13.4. The Bertz CT molecular complexity index is 1080. The number of amides is 2. The number of hydrogen-bond acceptors (Lipinski definition) is 2. The molecule has 7 heteroatoms. The summed E-state index contributed by atoms with van der Waals surface area (Å²) in [4.78, 5) is 32.0. The Balaban J connectivity index is 1.56. The SMILES string of the molecule is CN1C(=O)[C@H](Cc2c[nH]c3cc(F)ccc23)N(C)C(=O)[C@@H]1Cc1ccc(F)cc1. The van der Waals surface area contributed by atoms with Gasteiger partial charge in [0.25, 0.3) is 0 Å². The molecule has 2 amide bonds. The van der Waals surface area contributed by atoms with E-state index in [0.29, 0.717) is 18.4 Å². The van der Waals surface area contributed by atoms with Crippen molar-refractivity contribution in [1.29, 1.82) is 0 Å². The monoisotopic (exact) mass is 397 g/mol. The van der Waals surface area contributed by atoms with E-state index in [2.05, 4.69) is 4.98 Å². The fourth-order valence-electron chi connectivity index (χ4n) is 3.94. The molecule has 0 aliphatic carbocycles. The van der Waals surface area contributed by atoms with Crippen molar-refractivity contribution >= 4 is 22.7 Å². The molecule has 4 rings (SSSR count). The van der Waals surface area contributed by atoms with E-state index >= 15 is 0 Å². The van der Waals surface area contributed by atoms with Crippen LogP contribution in [0.1, 0.15) is 11.1 Å². The van der Waals surface area contributed by atoms with Crippen LogP contribution in [0.5, 0.6) is 0 Å². The number of aromatic nitrogens is 1. The molecule has 1 saturated heterocycles. The van der Waals surface area contributed by atoms with E-state index in [4.69, 9.17) is 0 Å². The summed E-state index contributed by atoms with van der Waals surface area (Å²) >= 11 is 0. The number of H-pyrrole nitrogens is 1. The lowest BCUT2D eigenvalue weighted by atomic mass is 9.95. The first-order valence-corrected chi connectivity index (χ1v) is 9.38. The Morgan fingerprint density at radius 1 is 0.862 bits per heavy atom. The zero-order valence-electron chi connectivity index (χ0n) is 16.2. The fraction of sp³-hybridized carbons (Fsp3) is 0.273. The van der Waals surface area contributed by atoms with Crippen LogP contribution in [0.2, 0.25) is 0 Å². The van der Waals surface area contributed by atoms with Crippen molar-refractivity contribution in [1.82, 2.24) is 14.8 Å². The van der Waals surface area contributed by atoms with Crippen LogP contribution in [0, 0.1) is 11.6 Å². The number of likely N-dealkylation sites (N-methyl/N-ethyl adjacent to an activating group) is 2. The van der Waals surface area contributed by atoms with Crippen LogP contribution < -0.4 is 0 Å². The van der Waals surface area contributed by atoms with Gasteiger partial charge < -0.3 is 14.8 Å². The van der Waals surface area contributed by atoms with Crippen LogP contribution in [0.25, 0.3) is 10.9 Å². The standard InChI is InChI=1S/C22H21F2N3O2/c1-26-19(9-13-3-5-15(23)6-4-13)21(28)27(2)20(22(26)29)10-14-12-25-18-11-16(24)7-8-17(14)18/h3-8,11-12,19-20,25H,9-10H2,1-2H3/t19-,20-/m0/s1. The molecule has 0 saturated carbocycles. The maximum atomic E-state index is 13.4. The lowest BCUT2D eigenvalue weighted by Crippen LogP contribution is -2.63. The molecular weight excluding hydrogens is 376 g/mol. The Kier molecular flexibility index (Phi) is 4.82. The van der Waals surface area contributed by atoms with Gasteiger partial charge in [0, 0.05) is 44.0 Å². The van der Waals surface area contributed by atoms with Crippen LogP contribution in [-0.2, 0) is 22.4 Å². The van der Waals surface area contributed by atoms with Crippen LogP contribution in [0.4, 0.5) is 8.78 Å². The third-order valence-electron chi connectivity index (χ3n) is 5.69. The number of halogens is 2. The lowest BCUT2D eigenvalue weighted by molar-refractivity contribution is -0.158. The van der Waals surface area contributed by atoms with Crippen molar-refractivity contribution in [3.8, 4) is 0 Å². The number of benzene rings is 2. The second kappa shape index (κ2) is 7.31. The van der Waals surface area contributed by atoms with Crippen LogP contribution in [0.15, 0.2) is 48.7 Å². The second-order valence-electron chi connectivity index (χ2n) is 7.47. The van der Waals surface area contributed by atoms with E-state index in [1.54, 1.807) is 38.5 Å². The van der Waals surface area contributed by atoms with E-state index in [0.717, 1.165) is 16.5 Å². The summed E-state index contributed by atoms with van der Waals surface area (Å²) in [6.07, 6.45) is 2.41. The number of hydrogen-bond donors (Lipinski definition) is 1. The van der Waals surface area contributed by atoms with Gasteiger partial charge in [-0.15, -0.1) is 0 Å². The molecule has 1 aliphatic heterocycles. The first kappa shape index (κ1) is 19.1. The normalized spacial score (nSPS) is 20.0.